The van der Waals surface area contributed by atoms with Gasteiger partial charge in [0.05, 0.1) is 0 Å². The number of amides is 1. The van der Waals surface area contributed by atoms with Crippen LogP contribution in [0, 0.1) is 5.92 Å². The Balaban J connectivity index is 2.66. The molecule has 0 aliphatic rings. The zero-order valence-electron chi connectivity index (χ0n) is 13.2. The van der Waals surface area contributed by atoms with Crippen molar-refractivity contribution < 1.29 is 14.6 Å². The number of carbonyl (C=O) groups is 1. The van der Waals surface area contributed by atoms with Crippen molar-refractivity contribution in [2.45, 2.75) is 33.7 Å². The van der Waals surface area contributed by atoms with Crippen molar-refractivity contribution in [1.82, 2.24) is 5.32 Å². The van der Waals surface area contributed by atoms with Gasteiger partial charge < -0.3 is 15.2 Å². The average Bonchev–Trinajstić information content (AvgIpc) is 2.46. The molecule has 0 aliphatic heterocycles. The number of hydrogen-bond acceptors (Lipinski definition) is 3. The summed E-state index contributed by atoms with van der Waals surface area (Å²) < 4.78 is 5.58. The van der Waals surface area contributed by atoms with Crippen LogP contribution in [0.3, 0.4) is 0 Å². The van der Waals surface area contributed by atoms with E-state index in [4.69, 9.17) is 9.84 Å². The number of aliphatic hydroxyl groups is 1. The normalized spacial score (nSPS) is 13.2. The Morgan fingerprint density at radius 3 is 2.71 bits per heavy atom. The molecule has 0 fully saturated rings. The Kier molecular flexibility index (Phi) is 6.96. The quantitative estimate of drug-likeness (QED) is 0.759. The van der Waals surface area contributed by atoms with E-state index in [0.717, 1.165) is 0 Å². The maximum Gasteiger partial charge on any atom is 0.251 e. The predicted octanol–water partition coefficient (Wildman–Crippen LogP) is 2.78. The molecule has 4 nitrogen and oxygen atoms in total. The topological polar surface area (TPSA) is 58.6 Å². The van der Waals surface area contributed by atoms with Crippen LogP contribution in [0.1, 0.15) is 38.1 Å². The smallest absolute Gasteiger partial charge is 0.251 e. The van der Waals surface area contributed by atoms with E-state index in [0.29, 0.717) is 17.9 Å². The second-order valence-electron chi connectivity index (χ2n) is 5.54. The van der Waals surface area contributed by atoms with E-state index in [-0.39, 0.29) is 24.5 Å². The van der Waals surface area contributed by atoms with Crippen LogP contribution in [0.25, 0.3) is 0 Å². The minimum absolute atomic E-state index is 0.0195. The fraction of sp³-hybridized carbons (Fsp3) is 0.471. The molecule has 1 aromatic rings. The fourth-order valence-electron chi connectivity index (χ4n) is 1.62. The number of rotatable bonds is 7. The van der Waals surface area contributed by atoms with Gasteiger partial charge in [-0.2, -0.15) is 0 Å². The first-order chi connectivity index (χ1) is 9.93. The summed E-state index contributed by atoms with van der Waals surface area (Å²) in [5.74, 6) is 0.532. The number of allylic oxidation sites excluding steroid dienone is 1. The second kappa shape index (κ2) is 8.47. The highest BCUT2D eigenvalue weighted by molar-refractivity contribution is 5.94. The van der Waals surface area contributed by atoms with Gasteiger partial charge >= 0.3 is 0 Å². The van der Waals surface area contributed by atoms with Crippen LogP contribution >= 0.6 is 0 Å². The van der Waals surface area contributed by atoms with Crippen molar-refractivity contribution in [2.75, 3.05) is 13.2 Å². The number of hydrogen-bond donors (Lipinski definition) is 2. The summed E-state index contributed by atoms with van der Waals surface area (Å²) in [6.45, 7) is 8.34. The summed E-state index contributed by atoms with van der Waals surface area (Å²) in [7, 11) is 0. The second-order valence-corrected chi connectivity index (χ2v) is 5.54. The first-order valence-electron chi connectivity index (χ1n) is 7.22. The molecule has 0 spiro atoms. The number of aliphatic hydroxyl groups excluding tert-OH is 1. The summed E-state index contributed by atoms with van der Waals surface area (Å²) in [5.41, 5.74) is 1.75. The van der Waals surface area contributed by atoms with Gasteiger partial charge in [-0.25, -0.2) is 0 Å². The number of nitrogens with one attached hydrogen (secondary N) is 1. The molecule has 1 aromatic carbocycles. The molecule has 0 aliphatic carbocycles. The largest absolute Gasteiger partial charge is 0.490 e. The van der Waals surface area contributed by atoms with Gasteiger partial charge in [0, 0.05) is 18.2 Å². The molecule has 1 amide bonds. The lowest BCUT2D eigenvalue weighted by Gasteiger charge is -2.19. The van der Waals surface area contributed by atoms with Gasteiger partial charge in [0.15, 0.2) is 0 Å². The molecule has 0 saturated carbocycles. The third kappa shape index (κ3) is 6.00. The highest BCUT2D eigenvalue weighted by Gasteiger charge is 2.15. The molecule has 0 heterocycles. The Bertz CT molecular complexity index is 493. The summed E-state index contributed by atoms with van der Waals surface area (Å²) in [5, 5.41) is 12.0. The van der Waals surface area contributed by atoms with E-state index in [2.05, 4.69) is 5.32 Å². The van der Waals surface area contributed by atoms with Crippen LogP contribution < -0.4 is 10.1 Å². The molecule has 0 bridgehead atoms. The number of ether oxygens (including phenoxy) is 1. The minimum atomic E-state index is -0.157. The van der Waals surface area contributed by atoms with Crippen molar-refractivity contribution >= 4 is 5.91 Å². The molecule has 2 atom stereocenters. The monoisotopic (exact) mass is 291 g/mol. The van der Waals surface area contributed by atoms with E-state index in [1.54, 1.807) is 18.2 Å². The van der Waals surface area contributed by atoms with Gasteiger partial charge in [-0.05, 0) is 51.0 Å². The molecular formula is C17H25NO3. The lowest BCUT2D eigenvalue weighted by molar-refractivity contribution is 0.0916. The zero-order chi connectivity index (χ0) is 15.8. The van der Waals surface area contributed by atoms with Crippen LogP contribution in [0.4, 0.5) is 0 Å². The fourth-order valence-corrected chi connectivity index (χ4v) is 1.62. The van der Waals surface area contributed by atoms with Crippen LogP contribution in [0.15, 0.2) is 35.9 Å². The first-order valence-corrected chi connectivity index (χ1v) is 7.22. The maximum absolute atomic E-state index is 12.1. The Labute approximate surface area is 126 Å². The van der Waals surface area contributed by atoms with Crippen LogP contribution in [0.2, 0.25) is 0 Å². The lowest BCUT2D eigenvalue weighted by atomic mass is 10.0. The van der Waals surface area contributed by atoms with Gasteiger partial charge in [-0.1, -0.05) is 18.6 Å². The molecule has 21 heavy (non-hydrogen) atoms. The van der Waals surface area contributed by atoms with Gasteiger partial charge in [0.1, 0.15) is 12.4 Å². The summed E-state index contributed by atoms with van der Waals surface area (Å²) in [6, 6.07) is 7.02. The number of benzene rings is 1. The highest BCUT2D eigenvalue weighted by Crippen LogP contribution is 2.14. The van der Waals surface area contributed by atoms with Crippen molar-refractivity contribution in [3.8, 4) is 5.75 Å². The molecular weight excluding hydrogens is 266 g/mol. The van der Waals surface area contributed by atoms with Gasteiger partial charge in [0.25, 0.3) is 5.91 Å². The van der Waals surface area contributed by atoms with Gasteiger partial charge in [-0.3, -0.25) is 4.79 Å². The minimum Gasteiger partial charge on any atom is -0.490 e. The van der Waals surface area contributed by atoms with E-state index in [1.807, 2.05) is 39.8 Å². The van der Waals surface area contributed by atoms with Crippen LogP contribution in [0.5, 0.6) is 5.75 Å². The van der Waals surface area contributed by atoms with Crippen LogP contribution in [-0.4, -0.2) is 30.3 Å². The molecule has 116 valence electrons. The Morgan fingerprint density at radius 1 is 1.38 bits per heavy atom. The highest BCUT2D eigenvalue weighted by atomic mass is 16.5. The molecule has 2 unspecified atom stereocenters. The lowest BCUT2D eigenvalue weighted by Crippen LogP contribution is -2.38. The van der Waals surface area contributed by atoms with Gasteiger partial charge in [0.2, 0.25) is 0 Å². The van der Waals surface area contributed by atoms with Gasteiger partial charge in [-0.15, -0.1) is 0 Å². The predicted molar refractivity (Wildman–Crippen MR) is 84.5 cm³/mol. The summed E-state index contributed by atoms with van der Waals surface area (Å²) >= 11 is 0. The Morgan fingerprint density at radius 2 is 2.10 bits per heavy atom. The number of carbonyl (C=O) groups excluding carboxylic acids is 1. The van der Waals surface area contributed by atoms with E-state index in [9.17, 15) is 4.79 Å². The Hall–Kier alpha value is -1.81. The molecule has 0 aromatic heterocycles. The van der Waals surface area contributed by atoms with Crippen LogP contribution in [-0.2, 0) is 0 Å². The molecule has 2 N–H and O–H groups in total. The zero-order valence-corrected chi connectivity index (χ0v) is 13.2. The summed E-state index contributed by atoms with van der Waals surface area (Å²) in [6.07, 6.45) is 1.98. The average molecular weight is 291 g/mol. The van der Waals surface area contributed by atoms with Crippen molar-refractivity contribution in [3.63, 3.8) is 0 Å². The SMILES string of the molecule is CC(C)=CCOc1cccc(C(=O)NC(C)C(C)CO)c1. The van der Waals surface area contributed by atoms with Crippen molar-refractivity contribution in [1.29, 1.82) is 0 Å². The molecule has 1 rings (SSSR count). The third-order valence-corrected chi connectivity index (χ3v) is 3.34. The summed E-state index contributed by atoms with van der Waals surface area (Å²) in [4.78, 5) is 12.1. The van der Waals surface area contributed by atoms with Crippen molar-refractivity contribution in [2.24, 2.45) is 5.92 Å². The molecule has 4 heteroatoms. The van der Waals surface area contributed by atoms with E-state index >= 15 is 0 Å². The molecule has 0 radical (unpaired) electrons. The maximum atomic E-state index is 12.1. The van der Waals surface area contributed by atoms with E-state index in [1.165, 1.54) is 5.57 Å². The first kappa shape index (κ1) is 17.2. The van der Waals surface area contributed by atoms with Crippen molar-refractivity contribution in [3.05, 3.63) is 41.5 Å². The third-order valence-electron chi connectivity index (χ3n) is 3.34. The molecule has 0 saturated heterocycles. The van der Waals surface area contributed by atoms with E-state index < -0.39 is 0 Å². The standard InChI is InChI=1S/C17H25NO3/c1-12(2)8-9-21-16-7-5-6-15(10-16)17(20)18-14(4)13(3)11-19/h5-8,10,13-14,19H,9,11H2,1-4H3,(H,18,20).